The Morgan fingerprint density at radius 2 is 1.56 bits per heavy atom. The quantitative estimate of drug-likeness (QED) is 0.677. The van der Waals surface area contributed by atoms with Gasteiger partial charge in [0.25, 0.3) is 0 Å². The van der Waals surface area contributed by atoms with Crippen molar-refractivity contribution in [3.63, 3.8) is 0 Å². The Labute approximate surface area is 96.4 Å². The van der Waals surface area contributed by atoms with Crippen molar-refractivity contribution in [2.45, 2.75) is 51.0 Å². The zero-order valence-electron chi connectivity index (χ0n) is 9.71. The largest absolute Gasteiger partial charge is 0.345 e. The van der Waals surface area contributed by atoms with Crippen molar-refractivity contribution in [1.82, 2.24) is 10.2 Å². The Bertz CT molecular complexity index is 266. The molecule has 16 heavy (non-hydrogen) atoms. The monoisotopic (exact) mass is 224 g/mol. The maximum absolute atomic E-state index is 11.8. The number of carbonyl (C=O) groups is 2. The molecule has 1 N–H and O–H groups in total. The zero-order valence-corrected chi connectivity index (χ0v) is 9.71. The highest BCUT2D eigenvalue weighted by molar-refractivity contribution is 6.35. The van der Waals surface area contributed by atoms with Gasteiger partial charge in [0.05, 0.1) is 0 Å². The van der Waals surface area contributed by atoms with Gasteiger partial charge in [-0.15, -0.1) is 0 Å². The van der Waals surface area contributed by atoms with Crippen LogP contribution in [0.15, 0.2) is 0 Å². The first-order valence-electron chi connectivity index (χ1n) is 6.37. The molecule has 1 saturated carbocycles. The standard InChI is InChI=1S/C12H20N2O2/c15-11(13-10-6-2-3-7-10)12(16)14-8-4-1-5-9-14/h10H,1-9H2,(H,13,15). The average molecular weight is 224 g/mol. The molecule has 1 aliphatic carbocycles. The predicted molar refractivity (Wildman–Crippen MR) is 60.8 cm³/mol. The topological polar surface area (TPSA) is 49.4 Å². The summed E-state index contributed by atoms with van der Waals surface area (Å²) in [6, 6.07) is 0.237. The number of amides is 2. The Balaban J connectivity index is 1.80. The molecule has 2 rings (SSSR count). The number of hydrogen-bond acceptors (Lipinski definition) is 2. The van der Waals surface area contributed by atoms with E-state index in [2.05, 4.69) is 5.32 Å². The van der Waals surface area contributed by atoms with Crippen LogP contribution in [-0.4, -0.2) is 35.8 Å². The Hall–Kier alpha value is -1.06. The van der Waals surface area contributed by atoms with Crippen molar-refractivity contribution in [2.24, 2.45) is 0 Å². The maximum atomic E-state index is 11.8. The van der Waals surface area contributed by atoms with Gasteiger partial charge < -0.3 is 10.2 Å². The summed E-state index contributed by atoms with van der Waals surface area (Å²) >= 11 is 0. The van der Waals surface area contributed by atoms with Crippen molar-refractivity contribution in [2.75, 3.05) is 13.1 Å². The number of nitrogens with one attached hydrogen (secondary N) is 1. The minimum Gasteiger partial charge on any atom is -0.345 e. The number of piperidine rings is 1. The summed E-state index contributed by atoms with van der Waals surface area (Å²) in [4.78, 5) is 25.2. The third kappa shape index (κ3) is 2.74. The molecule has 4 heteroatoms. The molecule has 2 fully saturated rings. The number of nitrogens with zero attached hydrogens (tertiary/aromatic N) is 1. The van der Waals surface area contributed by atoms with E-state index in [4.69, 9.17) is 0 Å². The summed E-state index contributed by atoms with van der Waals surface area (Å²) in [5, 5.41) is 2.85. The van der Waals surface area contributed by atoms with Gasteiger partial charge in [-0.05, 0) is 32.1 Å². The second kappa shape index (κ2) is 5.32. The SMILES string of the molecule is O=C(NC1CCCC1)C(=O)N1CCCCC1. The van der Waals surface area contributed by atoms with Crippen LogP contribution in [0.2, 0.25) is 0 Å². The molecule has 1 heterocycles. The summed E-state index contributed by atoms with van der Waals surface area (Å²) in [5.74, 6) is -0.722. The van der Waals surface area contributed by atoms with Crippen LogP contribution in [0.4, 0.5) is 0 Å². The van der Waals surface area contributed by atoms with Gasteiger partial charge in [0.2, 0.25) is 0 Å². The number of hydrogen-bond donors (Lipinski definition) is 1. The molecule has 4 nitrogen and oxygen atoms in total. The van der Waals surface area contributed by atoms with Gasteiger partial charge in [-0.25, -0.2) is 0 Å². The van der Waals surface area contributed by atoms with Crippen molar-refractivity contribution in [3.8, 4) is 0 Å². The number of rotatable bonds is 1. The van der Waals surface area contributed by atoms with Crippen LogP contribution in [0.25, 0.3) is 0 Å². The first-order valence-corrected chi connectivity index (χ1v) is 6.37. The highest BCUT2D eigenvalue weighted by Gasteiger charge is 2.26. The molecule has 1 saturated heterocycles. The fourth-order valence-electron chi connectivity index (χ4n) is 2.56. The van der Waals surface area contributed by atoms with E-state index in [1.807, 2.05) is 0 Å². The summed E-state index contributed by atoms with van der Waals surface area (Å²) in [6.45, 7) is 1.49. The smallest absolute Gasteiger partial charge is 0.311 e. The van der Waals surface area contributed by atoms with E-state index in [9.17, 15) is 9.59 Å². The fraction of sp³-hybridized carbons (Fsp3) is 0.833. The van der Waals surface area contributed by atoms with Crippen molar-refractivity contribution in [3.05, 3.63) is 0 Å². The molecule has 0 aromatic rings. The van der Waals surface area contributed by atoms with Gasteiger partial charge in [-0.3, -0.25) is 9.59 Å². The maximum Gasteiger partial charge on any atom is 0.311 e. The van der Waals surface area contributed by atoms with E-state index in [0.29, 0.717) is 0 Å². The van der Waals surface area contributed by atoms with Gasteiger partial charge in [0.1, 0.15) is 0 Å². The average Bonchev–Trinajstić information content (AvgIpc) is 2.82. The Kier molecular flexibility index (Phi) is 3.80. The lowest BCUT2D eigenvalue weighted by Gasteiger charge is -2.26. The predicted octanol–water partition coefficient (Wildman–Crippen LogP) is 1.06. The van der Waals surface area contributed by atoms with Crippen LogP contribution >= 0.6 is 0 Å². The van der Waals surface area contributed by atoms with Crippen molar-refractivity contribution >= 4 is 11.8 Å². The molecule has 0 aromatic carbocycles. The second-order valence-electron chi connectivity index (χ2n) is 4.81. The molecule has 0 atom stereocenters. The molecular weight excluding hydrogens is 204 g/mol. The summed E-state index contributed by atoms with van der Waals surface area (Å²) in [7, 11) is 0. The first-order chi connectivity index (χ1) is 7.77. The van der Waals surface area contributed by atoms with Gasteiger partial charge in [-0.1, -0.05) is 12.8 Å². The molecule has 0 spiro atoms. The van der Waals surface area contributed by atoms with Crippen LogP contribution in [0.5, 0.6) is 0 Å². The second-order valence-corrected chi connectivity index (χ2v) is 4.81. The van der Waals surface area contributed by atoms with E-state index in [1.165, 1.54) is 19.3 Å². The minimum absolute atomic E-state index is 0.237. The molecule has 0 unspecified atom stereocenters. The molecule has 2 aliphatic rings. The van der Waals surface area contributed by atoms with Gasteiger partial charge in [0.15, 0.2) is 0 Å². The van der Waals surface area contributed by atoms with Crippen LogP contribution in [0.3, 0.4) is 0 Å². The van der Waals surface area contributed by atoms with Crippen LogP contribution in [-0.2, 0) is 9.59 Å². The van der Waals surface area contributed by atoms with E-state index >= 15 is 0 Å². The Morgan fingerprint density at radius 1 is 0.938 bits per heavy atom. The first kappa shape index (κ1) is 11.4. The number of carbonyl (C=O) groups excluding carboxylic acids is 2. The normalized spacial score (nSPS) is 22.1. The molecule has 0 aromatic heterocycles. The lowest BCUT2D eigenvalue weighted by atomic mass is 10.1. The van der Waals surface area contributed by atoms with Crippen LogP contribution in [0, 0.1) is 0 Å². The third-order valence-electron chi connectivity index (χ3n) is 3.53. The van der Waals surface area contributed by atoms with E-state index in [1.54, 1.807) is 4.90 Å². The minimum atomic E-state index is -0.395. The summed E-state index contributed by atoms with van der Waals surface area (Å²) in [6.07, 6.45) is 7.63. The van der Waals surface area contributed by atoms with Gasteiger partial charge >= 0.3 is 11.8 Å². The van der Waals surface area contributed by atoms with E-state index in [-0.39, 0.29) is 11.9 Å². The summed E-state index contributed by atoms with van der Waals surface area (Å²) in [5.41, 5.74) is 0. The van der Waals surface area contributed by atoms with Gasteiger partial charge in [-0.2, -0.15) is 0 Å². The van der Waals surface area contributed by atoms with E-state index < -0.39 is 5.91 Å². The Morgan fingerprint density at radius 3 is 2.19 bits per heavy atom. The lowest BCUT2D eigenvalue weighted by molar-refractivity contribution is -0.146. The molecule has 2 amide bonds. The van der Waals surface area contributed by atoms with Gasteiger partial charge in [0, 0.05) is 19.1 Å². The van der Waals surface area contributed by atoms with E-state index in [0.717, 1.165) is 38.8 Å². The summed E-state index contributed by atoms with van der Waals surface area (Å²) < 4.78 is 0. The third-order valence-corrected chi connectivity index (χ3v) is 3.53. The van der Waals surface area contributed by atoms with Crippen LogP contribution in [0.1, 0.15) is 44.9 Å². The lowest BCUT2D eigenvalue weighted by Crippen LogP contribution is -2.47. The molecular formula is C12H20N2O2. The van der Waals surface area contributed by atoms with Crippen LogP contribution < -0.4 is 5.32 Å². The zero-order chi connectivity index (χ0) is 11.4. The molecule has 90 valence electrons. The number of likely N-dealkylation sites (tertiary alicyclic amines) is 1. The molecule has 1 aliphatic heterocycles. The van der Waals surface area contributed by atoms with Crippen molar-refractivity contribution < 1.29 is 9.59 Å². The molecule has 0 radical (unpaired) electrons. The van der Waals surface area contributed by atoms with Crippen molar-refractivity contribution in [1.29, 1.82) is 0 Å². The highest BCUT2D eigenvalue weighted by atomic mass is 16.2. The molecule has 0 bridgehead atoms. The fourth-order valence-corrected chi connectivity index (χ4v) is 2.56. The highest BCUT2D eigenvalue weighted by Crippen LogP contribution is 2.17.